The van der Waals surface area contributed by atoms with Gasteiger partial charge in [0.1, 0.15) is 13.2 Å². The molecule has 0 radical (unpaired) electrons. The molecule has 9 heteroatoms. The molecular formula is C74H138N2O6P+. The molecule has 0 aliphatic rings. The van der Waals surface area contributed by atoms with E-state index in [0.29, 0.717) is 23.9 Å². The van der Waals surface area contributed by atoms with E-state index in [4.69, 9.17) is 9.05 Å². The third kappa shape index (κ3) is 67.1. The summed E-state index contributed by atoms with van der Waals surface area (Å²) in [6, 6.07) is -0.764. The molecule has 0 spiro atoms. The molecule has 3 N–H and O–H groups in total. The quantitative estimate of drug-likeness (QED) is 0.0243. The number of allylic oxidation sites excluding steroid dienone is 14. The Kier molecular flexibility index (Phi) is 62.4. The Bertz CT molecular complexity index is 1630. The normalized spacial score (nSPS) is 14.2. The van der Waals surface area contributed by atoms with Gasteiger partial charge < -0.3 is 19.8 Å². The van der Waals surface area contributed by atoms with Crippen molar-refractivity contribution in [1.82, 2.24) is 5.32 Å². The topological polar surface area (TPSA) is 105 Å². The second kappa shape index (κ2) is 64.2. The molecule has 0 bridgehead atoms. The van der Waals surface area contributed by atoms with Crippen LogP contribution in [0.3, 0.4) is 0 Å². The molecule has 3 atom stereocenters. The van der Waals surface area contributed by atoms with E-state index in [-0.39, 0.29) is 19.1 Å². The number of aliphatic hydroxyl groups is 1. The molecule has 0 aromatic heterocycles. The van der Waals surface area contributed by atoms with Crippen LogP contribution >= 0.6 is 7.82 Å². The van der Waals surface area contributed by atoms with Crippen molar-refractivity contribution in [1.29, 1.82) is 0 Å². The summed E-state index contributed by atoms with van der Waals surface area (Å²) in [6.45, 7) is 4.81. The van der Waals surface area contributed by atoms with Gasteiger partial charge in [0.25, 0.3) is 0 Å². The zero-order chi connectivity index (χ0) is 60.5. The van der Waals surface area contributed by atoms with Gasteiger partial charge in [0, 0.05) is 6.42 Å². The molecule has 0 saturated heterocycles. The third-order valence-corrected chi connectivity index (χ3v) is 16.9. The average Bonchev–Trinajstić information content (AvgIpc) is 3.50. The maximum atomic E-state index is 13.1. The van der Waals surface area contributed by atoms with E-state index in [2.05, 4.69) is 104 Å². The fourth-order valence-corrected chi connectivity index (χ4v) is 11.2. The molecule has 0 aromatic rings. The number of rotatable bonds is 65. The van der Waals surface area contributed by atoms with Crippen LogP contribution in [0, 0.1) is 0 Å². The number of carbonyl (C=O) groups is 1. The van der Waals surface area contributed by atoms with Crippen molar-refractivity contribution in [2.24, 2.45) is 0 Å². The van der Waals surface area contributed by atoms with Crippen molar-refractivity contribution in [3.05, 3.63) is 85.1 Å². The molecule has 1 amide bonds. The minimum Gasteiger partial charge on any atom is -0.391 e. The molecule has 0 aliphatic carbocycles. The summed E-state index contributed by atoms with van der Waals surface area (Å²) in [7, 11) is 1.62. The number of hydrogen-bond donors (Lipinski definition) is 3. The predicted molar refractivity (Wildman–Crippen MR) is 364 cm³/mol. The molecule has 0 fully saturated rings. The van der Waals surface area contributed by atoms with E-state index in [1.54, 1.807) is 0 Å². The molecule has 0 aliphatic heterocycles. The van der Waals surface area contributed by atoms with Crippen molar-refractivity contribution in [3.8, 4) is 0 Å². The van der Waals surface area contributed by atoms with Gasteiger partial charge in [0.05, 0.1) is 39.9 Å². The highest BCUT2D eigenvalue weighted by Gasteiger charge is 2.28. The highest BCUT2D eigenvalue weighted by atomic mass is 31.2. The molecule has 0 heterocycles. The first-order chi connectivity index (χ1) is 40.5. The van der Waals surface area contributed by atoms with Gasteiger partial charge in [-0.15, -0.1) is 0 Å². The maximum Gasteiger partial charge on any atom is 0.472 e. The van der Waals surface area contributed by atoms with Gasteiger partial charge in [0.15, 0.2) is 0 Å². The summed E-state index contributed by atoms with van der Waals surface area (Å²) in [4.78, 5) is 23.5. The first-order valence-corrected chi connectivity index (χ1v) is 36.9. The molecular weight excluding hydrogens is 1040 g/mol. The fourth-order valence-electron chi connectivity index (χ4n) is 10.4. The number of carbonyl (C=O) groups excluding carboxylic acids is 1. The molecule has 484 valence electrons. The second-order valence-corrected chi connectivity index (χ2v) is 26.7. The van der Waals surface area contributed by atoms with Crippen LogP contribution in [0.1, 0.15) is 328 Å². The van der Waals surface area contributed by atoms with Crippen molar-refractivity contribution in [3.63, 3.8) is 0 Å². The van der Waals surface area contributed by atoms with Gasteiger partial charge >= 0.3 is 7.82 Å². The van der Waals surface area contributed by atoms with Gasteiger partial charge in [-0.2, -0.15) is 0 Å². The number of aliphatic hydroxyl groups excluding tert-OH is 1. The lowest BCUT2D eigenvalue weighted by atomic mass is 10.0. The van der Waals surface area contributed by atoms with E-state index >= 15 is 0 Å². The molecule has 83 heavy (non-hydrogen) atoms. The Balaban J connectivity index is 3.99. The largest absolute Gasteiger partial charge is 0.472 e. The highest BCUT2D eigenvalue weighted by molar-refractivity contribution is 7.47. The SMILES string of the molecule is CC/C=C\C/C=C\C/C=C\C/C=C\C/C=C\C/C=C\C/C=C\CCCCCCCCCCCCCCCCCCCC(=O)NC(COP(=O)(O)OCC[N+](C)(C)C)C(O)CCCCCCCCCCCCCCCCCCCCCCCC. The average molecular weight is 1180 g/mol. The van der Waals surface area contributed by atoms with Gasteiger partial charge in [-0.25, -0.2) is 4.57 Å². The van der Waals surface area contributed by atoms with Gasteiger partial charge in [0.2, 0.25) is 5.91 Å². The van der Waals surface area contributed by atoms with Crippen LogP contribution in [0.5, 0.6) is 0 Å². The smallest absolute Gasteiger partial charge is 0.391 e. The summed E-state index contributed by atoms with van der Waals surface area (Å²) < 4.78 is 23.9. The summed E-state index contributed by atoms with van der Waals surface area (Å²) in [5, 5.41) is 14.1. The van der Waals surface area contributed by atoms with Crippen LogP contribution < -0.4 is 5.32 Å². The monoisotopic (exact) mass is 1180 g/mol. The highest BCUT2D eigenvalue weighted by Crippen LogP contribution is 2.43. The Labute approximate surface area is 516 Å². The molecule has 0 aromatic carbocycles. The lowest BCUT2D eigenvalue weighted by Gasteiger charge is -2.26. The van der Waals surface area contributed by atoms with Gasteiger partial charge in [-0.05, 0) is 70.6 Å². The minimum atomic E-state index is -4.33. The third-order valence-electron chi connectivity index (χ3n) is 15.9. The van der Waals surface area contributed by atoms with Crippen LogP contribution in [-0.4, -0.2) is 73.4 Å². The maximum absolute atomic E-state index is 13.1. The first-order valence-electron chi connectivity index (χ1n) is 35.5. The summed E-state index contributed by atoms with van der Waals surface area (Å²) in [5.41, 5.74) is 0. The predicted octanol–water partition coefficient (Wildman–Crippen LogP) is 22.7. The van der Waals surface area contributed by atoms with Gasteiger partial charge in [-0.1, -0.05) is 336 Å². The van der Waals surface area contributed by atoms with Crippen LogP contribution in [0.15, 0.2) is 85.1 Å². The minimum absolute atomic E-state index is 0.0741. The van der Waals surface area contributed by atoms with E-state index in [1.807, 2.05) is 21.1 Å². The Hall–Kier alpha value is -2.32. The number of likely N-dealkylation sites (N-methyl/N-ethyl adjacent to an activating group) is 1. The van der Waals surface area contributed by atoms with E-state index in [9.17, 15) is 19.4 Å². The number of phosphoric ester groups is 1. The van der Waals surface area contributed by atoms with Crippen LogP contribution in [0.4, 0.5) is 0 Å². The summed E-state index contributed by atoms with van der Waals surface area (Å²) in [6.07, 6.45) is 91.1. The second-order valence-electron chi connectivity index (χ2n) is 25.2. The van der Waals surface area contributed by atoms with Crippen LogP contribution in [-0.2, 0) is 18.4 Å². The molecule has 0 saturated carbocycles. The van der Waals surface area contributed by atoms with Gasteiger partial charge in [-0.3, -0.25) is 13.8 Å². The number of nitrogens with one attached hydrogen (secondary N) is 1. The fraction of sp³-hybridized carbons (Fsp3) is 0.797. The number of quaternary nitrogens is 1. The molecule has 0 rings (SSSR count). The van der Waals surface area contributed by atoms with E-state index in [0.717, 1.165) is 83.5 Å². The van der Waals surface area contributed by atoms with Crippen molar-refractivity contribution in [2.75, 3.05) is 40.9 Å². The van der Waals surface area contributed by atoms with Crippen molar-refractivity contribution >= 4 is 13.7 Å². The zero-order valence-electron chi connectivity index (χ0n) is 55.4. The number of hydrogen-bond acceptors (Lipinski definition) is 5. The number of nitrogens with zero attached hydrogens (tertiary/aromatic N) is 1. The Morgan fingerprint density at radius 1 is 0.422 bits per heavy atom. The lowest BCUT2D eigenvalue weighted by molar-refractivity contribution is -0.870. The number of unbranched alkanes of at least 4 members (excludes halogenated alkanes) is 38. The molecule has 8 nitrogen and oxygen atoms in total. The van der Waals surface area contributed by atoms with Crippen LogP contribution in [0.2, 0.25) is 0 Å². The lowest BCUT2D eigenvalue weighted by Crippen LogP contribution is -2.46. The number of phosphoric acid groups is 1. The van der Waals surface area contributed by atoms with Crippen molar-refractivity contribution in [2.45, 2.75) is 341 Å². The van der Waals surface area contributed by atoms with E-state index < -0.39 is 20.0 Å². The molecule has 3 unspecified atom stereocenters. The summed E-state index contributed by atoms with van der Waals surface area (Å²) in [5.74, 6) is -0.141. The standard InChI is InChI=1S/C74H137N2O6P/c1-6-8-10-12-14-16-18-20-22-24-26-28-30-31-32-33-34-35-36-37-38-39-40-41-42-43-44-45-46-48-50-52-54-56-58-60-62-64-66-68-74(78)75-72(71-82-83(79,80)81-70-69-76(3,4)5)73(77)67-65-63-61-59-57-55-53-51-49-47-29-27-25-23-21-19-17-15-13-11-9-7-2/h8,10,14,16,20,22,26,28,31-32,34-35,37-38,72-73,77H,6-7,9,11-13,15,17-19,21,23-25,27,29-30,33,36,39-71H2,1-5H3,(H-,75,78,79,80)/p+1/b10-8-,16-14-,22-20-,28-26-,32-31-,35-34-,38-37-. The van der Waals surface area contributed by atoms with E-state index in [1.165, 1.54) is 218 Å². The first kappa shape index (κ1) is 80.7. The van der Waals surface area contributed by atoms with Crippen molar-refractivity contribution < 1.29 is 32.9 Å². The summed E-state index contributed by atoms with van der Waals surface area (Å²) >= 11 is 0. The number of amides is 1. The zero-order valence-corrected chi connectivity index (χ0v) is 56.3. The Morgan fingerprint density at radius 2 is 0.723 bits per heavy atom. The Morgan fingerprint density at radius 3 is 1.06 bits per heavy atom. The van der Waals surface area contributed by atoms with Crippen LogP contribution in [0.25, 0.3) is 0 Å².